The summed E-state index contributed by atoms with van der Waals surface area (Å²) in [4.78, 5) is 15.3. The van der Waals surface area contributed by atoms with Gasteiger partial charge >= 0.3 is 0 Å². The average molecular weight is 453 g/mol. The highest BCUT2D eigenvalue weighted by Crippen LogP contribution is 2.29. The van der Waals surface area contributed by atoms with Crippen molar-refractivity contribution in [2.24, 2.45) is 0 Å². The number of carbonyl (C=O) groups is 1. The third-order valence-electron chi connectivity index (χ3n) is 6.33. The number of aryl methyl sites for hydroxylation is 2. The first-order valence-corrected chi connectivity index (χ1v) is 11.6. The van der Waals surface area contributed by atoms with Crippen molar-refractivity contribution in [3.63, 3.8) is 0 Å². The predicted molar refractivity (Wildman–Crippen MR) is 132 cm³/mol. The average Bonchev–Trinajstić information content (AvgIpc) is 3.49. The molecule has 1 N–H and O–H groups in total. The van der Waals surface area contributed by atoms with Gasteiger partial charge < -0.3 is 9.73 Å². The molecule has 6 heteroatoms. The normalized spacial score (nSPS) is 16.0. The number of hydrogen-bond donors (Lipinski definition) is 1. The second kappa shape index (κ2) is 9.61. The molecule has 0 spiro atoms. The summed E-state index contributed by atoms with van der Waals surface area (Å²) in [6.07, 6.45) is 0.970. The van der Waals surface area contributed by atoms with Gasteiger partial charge in [0.15, 0.2) is 0 Å². The van der Waals surface area contributed by atoms with Crippen LogP contribution in [-0.4, -0.2) is 40.1 Å². The molecule has 5 rings (SSSR count). The second-order valence-electron chi connectivity index (χ2n) is 8.91. The van der Waals surface area contributed by atoms with Gasteiger partial charge in [0.1, 0.15) is 0 Å². The number of aromatic nitrogens is 2. The van der Waals surface area contributed by atoms with Crippen LogP contribution in [0.25, 0.3) is 22.6 Å². The molecule has 34 heavy (non-hydrogen) atoms. The third kappa shape index (κ3) is 4.92. The molecule has 0 radical (unpaired) electrons. The van der Waals surface area contributed by atoms with Crippen LogP contribution in [0.15, 0.2) is 77.2 Å². The summed E-state index contributed by atoms with van der Waals surface area (Å²) >= 11 is 0. The first-order chi connectivity index (χ1) is 16.5. The summed E-state index contributed by atoms with van der Waals surface area (Å²) in [6.45, 7) is 6.64. The van der Waals surface area contributed by atoms with E-state index < -0.39 is 0 Å². The molecule has 1 aliphatic rings. The van der Waals surface area contributed by atoms with Crippen LogP contribution in [0.1, 0.15) is 33.8 Å². The molecule has 4 aromatic rings. The van der Waals surface area contributed by atoms with Gasteiger partial charge in [-0.3, -0.25) is 9.69 Å². The minimum atomic E-state index is -0.0232. The zero-order valence-electron chi connectivity index (χ0n) is 19.5. The van der Waals surface area contributed by atoms with Crippen molar-refractivity contribution in [2.45, 2.75) is 32.9 Å². The Morgan fingerprint density at radius 3 is 2.50 bits per heavy atom. The lowest BCUT2D eigenvalue weighted by atomic mass is 9.97. The molecule has 6 nitrogen and oxygen atoms in total. The van der Waals surface area contributed by atoms with Crippen LogP contribution in [0.5, 0.6) is 0 Å². The van der Waals surface area contributed by atoms with Crippen molar-refractivity contribution >= 4 is 5.91 Å². The van der Waals surface area contributed by atoms with Gasteiger partial charge in [-0.25, -0.2) is 0 Å². The van der Waals surface area contributed by atoms with Crippen LogP contribution < -0.4 is 5.32 Å². The van der Waals surface area contributed by atoms with Gasteiger partial charge in [-0.15, -0.1) is 10.2 Å². The number of hydrogen-bond acceptors (Lipinski definition) is 5. The van der Waals surface area contributed by atoms with E-state index >= 15 is 0 Å². The summed E-state index contributed by atoms with van der Waals surface area (Å²) in [7, 11) is 0. The van der Waals surface area contributed by atoms with Gasteiger partial charge in [0.2, 0.25) is 11.8 Å². The van der Waals surface area contributed by atoms with Crippen LogP contribution in [-0.2, 0) is 6.54 Å². The van der Waals surface area contributed by atoms with E-state index in [0.717, 1.165) is 48.3 Å². The summed E-state index contributed by atoms with van der Waals surface area (Å²) in [6, 6.07) is 24.5. The Bertz CT molecular complexity index is 1280. The number of benzene rings is 3. The second-order valence-corrected chi connectivity index (χ2v) is 8.91. The zero-order chi connectivity index (χ0) is 23.5. The molecule has 1 atom stereocenters. The molecule has 1 saturated heterocycles. The van der Waals surface area contributed by atoms with Gasteiger partial charge in [0.05, 0.1) is 0 Å². The Labute approximate surface area is 199 Å². The largest absolute Gasteiger partial charge is 0.421 e. The quantitative estimate of drug-likeness (QED) is 0.445. The molecular weight excluding hydrogens is 424 g/mol. The van der Waals surface area contributed by atoms with E-state index in [-0.39, 0.29) is 11.9 Å². The summed E-state index contributed by atoms with van der Waals surface area (Å²) in [5.74, 6) is 1.02. The van der Waals surface area contributed by atoms with E-state index in [2.05, 4.69) is 57.7 Å². The predicted octanol–water partition coefficient (Wildman–Crippen LogP) is 5.02. The van der Waals surface area contributed by atoms with Crippen LogP contribution in [0.3, 0.4) is 0 Å². The van der Waals surface area contributed by atoms with E-state index in [1.807, 2.05) is 42.5 Å². The van der Waals surface area contributed by atoms with Gasteiger partial charge in [0.25, 0.3) is 5.91 Å². The lowest BCUT2D eigenvalue weighted by Gasteiger charge is -2.17. The molecular formula is C28H28N4O2. The van der Waals surface area contributed by atoms with E-state index in [1.54, 1.807) is 6.92 Å². The monoisotopic (exact) mass is 452 g/mol. The minimum Gasteiger partial charge on any atom is -0.421 e. The lowest BCUT2D eigenvalue weighted by molar-refractivity contribution is 0.0937. The number of carbonyl (C=O) groups excluding carboxylic acids is 1. The van der Waals surface area contributed by atoms with Crippen molar-refractivity contribution in [1.29, 1.82) is 0 Å². The first-order valence-electron chi connectivity index (χ1n) is 11.6. The maximum absolute atomic E-state index is 12.9. The highest BCUT2D eigenvalue weighted by Gasteiger charge is 2.24. The number of amides is 1. The number of nitrogens with zero attached hydrogens (tertiary/aromatic N) is 3. The smallest absolute Gasteiger partial charge is 0.251 e. The fourth-order valence-corrected chi connectivity index (χ4v) is 4.48. The third-order valence-corrected chi connectivity index (χ3v) is 6.33. The molecule has 0 aliphatic carbocycles. The van der Waals surface area contributed by atoms with Crippen molar-refractivity contribution in [3.8, 4) is 22.6 Å². The molecule has 1 aromatic heterocycles. The van der Waals surface area contributed by atoms with Crippen LogP contribution in [0.2, 0.25) is 0 Å². The molecule has 1 fully saturated rings. The lowest BCUT2D eigenvalue weighted by Crippen LogP contribution is -2.36. The molecule has 1 unspecified atom stereocenters. The van der Waals surface area contributed by atoms with Crippen LogP contribution in [0, 0.1) is 13.8 Å². The first kappa shape index (κ1) is 22.0. The van der Waals surface area contributed by atoms with Gasteiger partial charge in [-0.2, -0.15) is 0 Å². The molecule has 0 saturated carbocycles. The van der Waals surface area contributed by atoms with Gasteiger partial charge in [-0.1, -0.05) is 48.5 Å². The standard InChI is InChI=1S/C28H28N4O2/c1-19-8-9-24(28-31-30-20(2)34-28)16-26(19)22-10-12-23(13-11-22)27(33)29-25-14-15-32(18-25)17-21-6-4-3-5-7-21/h3-13,16,25H,14-15,17-18H2,1-2H3,(H,29,33). The van der Waals surface area contributed by atoms with E-state index in [4.69, 9.17) is 4.42 Å². The van der Waals surface area contributed by atoms with Crippen LogP contribution in [0.4, 0.5) is 0 Å². The van der Waals surface area contributed by atoms with Crippen molar-refractivity contribution < 1.29 is 9.21 Å². The van der Waals surface area contributed by atoms with E-state index in [0.29, 0.717) is 17.3 Å². The Morgan fingerprint density at radius 1 is 1.00 bits per heavy atom. The highest BCUT2D eigenvalue weighted by atomic mass is 16.4. The van der Waals surface area contributed by atoms with Crippen molar-refractivity contribution in [1.82, 2.24) is 20.4 Å². The molecule has 1 amide bonds. The van der Waals surface area contributed by atoms with Gasteiger partial charge in [-0.05, 0) is 59.9 Å². The summed E-state index contributed by atoms with van der Waals surface area (Å²) in [5.41, 5.74) is 6.12. The van der Waals surface area contributed by atoms with Gasteiger partial charge in [0, 0.05) is 43.7 Å². The SMILES string of the molecule is Cc1nnc(-c2ccc(C)c(-c3ccc(C(=O)NC4CCN(Cc5ccccc5)C4)cc3)c2)o1. The number of rotatable bonds is 6. The van der Waals surface area contributed by atoms with E-state index in [9.17, 15) is 4.79 Å². The molecule has 172 valence electrons. The molecule has 2 heterocycles. The fourth-order valence-electron chi connectivity index (χ4n) is 4.48. The Morgan fingerprint density at radius 2 is 1.76 bits per heavy atom. The Hall–Kier alpha value is -3.77. The maximum atomic E-state index is 12.9. The van der Waals surface area contributed by atoms with Crippen molar-refractivity contribution in [2.75, 3.05) is 13.1 Å². The van der Waals surface area contributed by atoms with Crippen molar-refractivity contribution in [3.05, 3.63) is 95.4 Å². The summed E-state index contributed by atoms with van der Waals surface area (Å²) < 4.78 is 5.58. The number of nitrogens with one attached hydrogen (secondary N) is 1. The maximum Gasteiger partial charge on any atom is 0.251 e. The Kier molecular flexibility index (Phi) is 6.23. The number of likely N-dealkylation sites (tertiary alicyclic amines) is 1. The fraction of sp³-hybridized carbons (Fsp3) is 0.250. The molecule has 0 bridgehead atoms. The highest BCUT2D eigenvalue weighted by molar-refractivity contribution is 5.95. The Balaban J connectivity index is 1.23. The van der Waals surface area contributed by atoms with E-state index in [1.165, 1.54) is 5.56 Å². The summed E-state index contributed by atoms with van der Waals surface area (Å²) in [5, 5.41) is 11.3. The van der Waals surface area contributed by atoms with Crippen LogP contribution >= 0.6 is 0 Å². The molecule has 1 aliphatic heterocycles. The zero-order valence-corrected chi connectivity index (χ0v) is 19.5. The molecule has 3 aromatic carbocycles. The minimum absolute atomic E-state index is 0.0232. The topological polar surface area (TPSA) is 71.3 Å².